The zero-order valence-electron chi connectivity index (χ0n) is 12.9. The number of carbonyl (C=O) groups excluding carboxylic acids is 1. The Morgan fingerprint density at radius 2 is 2.04 bits per heavy atom. The number of carbonyl (C=O) groups is 2. The van der Waals surface area contributed by atoms with Crippen LogP contribution in [0.2, 0.25) is 0 Å². The van der Waals surface area contributed by atoms with Crippen molar-refractivity contribution in [2.45, 2.75) is 32.7 Å². The number of amides is 1. The number of anilines is 1. The fraction of sp³-hybridized carbons (Fsp3) is 0.429. The molecule has 0 aromatic heterocycles. The molecular weight excluding hydrogens is 326 g/mol. The zero-order chi connectivity index (χ0) is 16.7. The smallest absolute Gasteiger partial charge is 0.320 e. The Morgan fingerprint density at radius 1 is 1.39 bits per heavy atom. The summed E-state index contributed by atoms with van der Waals surface area (Å²) < 4.78 is 0. The molecular formula is C14H20ClN3O5. The molecule has 1 unspecified atom stereocenters. The number of non-ortho nitro benzene ring substituents is 1. The largest absolute Gasteiger partial charge is 0.480 e. The van der Waals surface area contributed by atoms with Gasteiger partial charge >= 0.3 is 5.97 Å². The molecule has 0 saturated heterocycles. The predicted octanol–water partition coefficient (Wildman–Crippen LogP) is 2.11. The number of aryl methyl sites for hydroxylation is 1. The van der Waals surface area contributed by atoms with Crippen LogP contribution in [0.4, 0.5) is 11.4 Å². The van der Waals surface area contributed by atoms with Crippen molar-refractivity contribution in [3.63, 3.8) is 0 Å². The van der Waals surface area contributed by atoms with E-state index >= 15 is 0 Å². The van der Waals surface area contributed by atoms with Gasteiger partial charge in [-0.2, -0.15) is 0 Å². The maximum Gasteiger partial charge on any atom is 0.320 e. The molecule has 0 heterocycles. The van der Waals surface area contributed by atoms with E-state index in [1.165, 1.54) is 18.2 Å². The lowest BCUT2D eigenvalue weighted by Gasteiger charge is -2.14. The first-order valence-corrected chi connectivity index (χ1v) is 6.86. The summed E-state index contributed by atoms with van der Waals surface area (Å²) in [6.45, 7) is 3.38. The van der Waals surface area contributed by atoms with Gasteiger partial charge in [-0.15, -0.1) is 12.4 Å². The number of benzene rings is 1. The van der Waals surface area contributed by atoms with Crippen LogP contribution in [0.3, 0.4) is 0 Å². The van der Waals surface area contributed by atoms with Crippen LogP contribution in [0.15, 0.2) is 18.2 Å². The van der Waals surface area contributed by atoms with Crippen LogP contribution in [0.5, 0.6) is 0 Å². The fourth-order valence-electron chi connectivity index (χ4n) is 1.87. The molecule has 1 aromatic rings. The Labute approximate surface area is 139 Å². The second-order valence-electron chi connectivity index (χ2n) is 4.86. The van der Waals surface area contributed by atoms with E-state index < -0.39 is 22.8 Å². The molecule has 0 bridgehead atoms. The van der Waals surface area contributed by atoms with Gasteiger partial charge in [0.25, 0.3) is 5.69 Å². The first-order chi connectivity index (χ1) is 10.3. The van der Waals surface area contributed by atoms with Crippen LogP contribution in [-0.2, 0) is 9.59 Å². The van der Waals surface area contributed by atoms with E-state index in [1.807, 2.05) is 6.92 Å². The van der Waals surface area contributed by atoms with Gasteiger partial charge in [0.1, 0.15) is 6.04 Å². The summed E-state index contributed by atoms with van der Waals surface area (Å²) in [5, 5.41) is 24.9. The van der Waals surface area contributed by atoms with Gasteiger partial charge in [-0.1, -0.05) is 19.4 Å². The summed E-state index contributed by atoms with van der Waals surface area (Å²) in [7, 11) is 0. The number of carboxylic acids is 1. The van der Waals surface area contributed by atoms with Crippen molar-refractivity contribution < 1.29 is 19.6 Å². The number of halogens is 1. The SMILES string of the molecule is CCCC(NCC(=O)Nc1cc([N+](=O)[O-])ccc1C)C(=O)O.Cl. The van der Waals surface area contributed by atoms with Crippen molar-refractivity contribution in [2.75, 3.05) is 11.9 Å². The lowest BCUT2D eigenvalue weighted by molar-refractivity contribution is -0.384. The third-order valence-electron chi connectivity index (χ3n) is 3.09. The molecule has 1 atom stereocenters. The van der Waals surface area contributed by atoms with Crippen molar-refractivity contribution in [3.05, 3.63) is 33.9 Å². The third-order valence-corrected chi connectivity index (χ3v) is 3.09. The highest BCUT2D eigenvalue weighted by molar-refractivity contribution is 5.93. The van der Waals surface area contributed by atoms with Crippen LogP contribution >= 0.6 is 12.4 Å². The predicted molar refractivity (Wildman–Crippen MR) is 88.0 cm³/mol. The maximum atomic E-state index is 11.8. The van der Waals surface area contributed by atoms with E-state index in [4.69, 9.17) is 5.11 Å². The molecule has 0 aliphatic heterocycles. The standard InChI is InChI=1S/C14H19N3O5.ClH/c1-3-4-11(14(19)20)15-8-13(18)16-12-7-10(17(21)22)6-5-9(12)2;/h5-7,11,15H,3-4,8H2,1-2H3,(H,16,18)(H,19,20);1H. The minimum atomic E-state index is -1.01. The molecule has 3 N–H and O–H groups in total. The average Bonchev–Trinajstić information content (AvgIpc) is 2.45. The topological polar surface area (TPSA) is 122 Å². The second-order valence-corrected chi connectivity index (χ2v) is 4.86. The van der Waals surface area contributed by atoms with Crippen LogP contribution < -0.4 is 10.6 Å². The molecule has 0 spiro atoms. The van der Waals surface area contributed by atoms with E-state index in [1.54, 1.807) is 6.92 Å². The van der Waals surface area contributed by atoms with Gasteiger partial charge in [0.2, 0.25) is 5.91 Å². The van der Waals surface area contributed by atoms with Gasteiger partial charge in [-0.25, -0.2) is 0 Å². The molecule has 23 heavy (non-hydrogen) atoms. The number of hydrogen-bond donors (Lipinski definition) is 3. The van der Waals surface area contributed by atoms with Crippen LogP contribution in [0.1, 0.15) is 25.3 Å². The van der Waals surface area contributed by atoms with Gasteiger partial charge in [0.15, 0.2) is 0 Å². The Kier molecular flexibility index (Phi) is 8.82. The molecule has 8 nitrogen and oxygen atoms in total. The van der Waals surface area contributed by atoms with E-state index in [-0.39, 0.29) is 24.6 Å². The van der Waals surface area contributed by atoms with Crippen LogP contribution in [0.25, 0.3) is 0 Å². The number of aliphatic carboxylic acids is 1. The monoisotopic (exact) mass is 345 g/mol. The Hall–Kier alpha value is -2.19. The zero-order valence-corrected chi connectivity index (χ0v) is 13.7. The van der Waals surface area contributed by atoms with Crippen LogP contribution in [-0.4, -0.2) is 34.5 Å². The van der Waals surface area contributed by atoms with E-state index in [2.05, 4.69) is 10.6 Å². The van der Waals surface area contributed by atoms with Crippen molar-refractivity contribution in [2.24, 2.45) is 0 Å². The highest BCUT2D eigenvalue weighted by atomic mass is 35.5. The molecule has 0 radical (unpaired) electrons. The quantitative estimate of drug-likeness (QED) is 0.490. The Morgan fingerprint density at radius 3 is 2.57 bits per heavy atom. The summed E-state index contributed by atoms with van der Waals surface area (Å²) in [6.07, 6.45) is 1.09. The van der Waals surface area contributed by atoms with E-state index in [9.17, 15) is 19.7 Å². The number of nitro groups is 1. The number of nitro benzene ring substituents is 1. The van der Waals surface area contributed by atoms with E-state index in [0.29, 0.717) is 24.1 Å². The Balaban J connectivity index is 0.00000484. The highest BCUT2D eigenvalue weighted by Crippen LogP contribution is 2.21. The molecule has 1 rings (SSSR count). The van der Waals surface area contributed by atoms with Gasteiger partial charge in [-0.05, 0) is 18.9 Å². The maximum absolute atomic E-state index is 11.8. The van der Waals surface area contributed by atoms with Crippen LogP contribution in [0, 0.1) is 17.0 Å². The molecule has 9 heteroatoms. The summed E-state index contributed by atoms with van der Waals surface area (Å²) in [4.78, 5) is 33.0. The number of carboxylic acid groups (broad SMARTS) is 1. The minimum absolute atomic E-state index is 0. The first-order valence-electron chi connectivity index (χ1n) is 6.86. The van der Waals surface area contributed by atoms with Crippen molar-refractivity contribution in [3.8, 4) is 0 Å². The van der Waals surface area contributed by atoms with Gasteiger partial charge in [0.05, 0.1) is 17.2 Å². The molecule has 1 aromatic carbocycles. The minimum Gasteiger partial charge on any atom is -0.480 e. The van der Waals surface area contributed by atoms with Gasteiger partial charge < -0.3 is 10.4 Å². The van der Waals surface area contributed by atoms with Gasteiger partial charge in [-0.3, -0.25) is 25.0 Å². The van der Waals surface area contributed by atoms with E-state index in [0.717, 1.165) is 0 Å². The molecule has 1 amide bonds. The Bertz CT molecular complexity index is 580. The summed E-state index contributed by atoms with van der Waals surface area (Å²) in [6, 6.07) is 3.37. The van der Waals surface area contributed by atoms with Crippen molar-refractivity contribution in [1.82, 2.24) is 5.32 Å². The molecule has 0 aliphatic carbocycles. The first kappa shape index (κ1) is 20.8. The number of nitrogens with zero attached hydrogens (tertiary/aromatic N) is 1. The number of rotatable bonds is 8. The highest BCUT2D eigenvalue weighted by Gasteiger charge is 2.17. The molecule has 0 fully saturated rings. The lowest BCUT2D eigenvalue weighted by atomic mass is 10.1. The lowest BCUT2D eigenvalue weighted by Crippen LogP contribution is -2.41. The number of nitrogens with one attached hydrogen (secondary N) is 2. The molecule has 0 aliphatic rings. The third kappa shape index (κ3) is 6.62. The summed E-state index contributed by atoms with van der Waals surface area (Å²) in [5.74, 6) is -1.47. The summed E-state index contributed by atoms with van der Waals surface area (Å²) >= 11 is 0. The van der Waals surface area contributed by atoms with Crippen molar-refractivity contribution in [1.29, 1.82) is 0 Å². The molecule has 0 saturated carbocycles. The normalized spacial score (nSPS) is 11.2. The van der Waals surface area contributed by atoms with Crippen molar-refractivity contribution >= 4 is 35.7 Å². The average molecular weight is 346 g/mol. The molecule has 128 valence electrons. The number of hydrogen-bond acceptors (Lipinski definition) is 5. The fourth-order valence-corrected chi connectivity index (χ4v) is 1.87. The second kappa shape index (κ2) is 9.75. The summed E-state index contributed by atoms with van der Waals surface area (Å²) in [5.41, 5.74) is 0.897. The van der Waals surface area contributed by atoms with Gasteiger partial charge in [0, 0.05) is 12.1 Å².